The number of esters is 1. The number of carbonyl (C=O) groups excluding carboxylic acids is 1. The summed E-state index contributed by atoms with van der Waals surface area (Å²) in [5, 5.41) is 4.26. The molecule has 7 heteroatoms. The fraction of sp³-hybridized carbons (Fsp3) is 0.417. The van der Waals surface area contributed by atoms with E-state index < -0.39 is 0 Å². The number of ether oxygens (including phenoxy) is 1. The van der Waals surface area contributed by atoms with Crippen molar-refractivity contribution < 1.29 is 9.53 Å². The molecule has 0 unspecified atom stereocenters. The van der Waals surface area contributed by atoms with E-state index in [2.05, 4.69) is 20.1 Å². The fourth-order valence-electron chi connectivity index (χ4n) is 1.64. The van der Waals surface area contributed by atoms with E-state index in [1.165, 1.54) is 6.33 Å². The predicted molar refractivity (Wildman–Crippen MR) is 67.0 cm³/mol. The summed E-state index contributed by atoms with van der Waals surface area (Å²) in [7, 11) is 1.79. The molecule has 0 bridgehead atoms. The van der Waals surface area contributed by atoms with E-state index in [1.54, 1.807) is 30.9 Å². The number of hydrogen-bond donors (Lipinski definition) is 0. The quantitative estimate of drug-likeness (QED) is 0.739. The standard InChI is InChI=1S/C12H15N5O2/c1-3-19-11(18)5-4-10-15-12(17(2)16-10)9-6-7-13-8-14-9/h6-8H,3-5H2,1-2H3. The van der Waals surface area contributed by atoms with Crippen molar-refractivity contribution in [3.05, 3.63) is 24.4 Å². The molecule has 0 aromatic carbocycles. The van der Waals surface area contributed by atoms with Crippen LogP contribution >= 0.6 is 0 Å². The summed E-state index contributed by atoms with van der Waals surface area (Å²) in [4.78, 5) is 23.6. The molecule has 7 nitrogen and oxygen atoms in total. The highest BCUT2D eigenvalue weighted by Gasteiger charge is 2.12. The maximum Gasteiger partial charge on any atom is 0.306 e. The lowest BCUT2D eigenvalue weighted by atomic mass is 10.3. The van der Waals surface area contributed by atoms with Crippen LogP contribution in [-0.4, -0.2) is 37.3 Å². The van der Waals surface area contributed by atoms with Crippen LogP contribution in [0.3, 0.4) is 0 Å². The van der Waals surface area contributed by atoms with Crippen molar-refractivity contribution in [2.45, 2.75) is 19.8 Å². The summed E-state index contributed by atoms with van der Waals surface area (Å²) in [5.41, 5.74) is 0.701. The van der Waals surface area contributed by atoms with Gasteiger partial charge in [0.1, 0.15) is 12.0 Å². The summed E-state index contributed by atoms with van der Waals surface area (Å²) in [6, 6.07) is 1.76. The average molecular weight is 261 g/mol. The Balaban J connectivity index is 2.07. The highest BCUT2D eigenvalue weighted by molar-refractivity contribution is 5.69. The van der Waals surface area contributed by atoms with Gasteiger partial charge in [0, 0.05) is 19.7 Å². The van der Waals surface area contributed by atoms with E-state index in [-0.39, 0.29) is 12.4 Å². The van der Waals surface area contributed by atoms with E-state index >= 15 is 0 Å². The van der Waals surface area contributed by atoms with Gasteiger partial charge >= 0.3 is 5.97 Å². The second kappa shape index (κ2) is 6.03. The average Bonchev–Trinajstić information content (AvgIpc) is 2.79. The molecule has 19 heavy (non-hydrogen) atoms. The van der Waals surface area contributed by atoms with E-state index in [9.17, 15) is 4.79 Å². The Morgan fingerprint density at radius 1 is 1.47 bits per heavy atom. The molecule has 2 aromatic rings. The number of nitrogens with zero attached hydrogens (tertiary/aromatic N) is 5. The molecule has 0 radical (unpaired) electrons. The third-order valence-corrected chi connectivity index (χ3v) is 2.48. The first kappa shape index (κ1) is 13.1. The SMILES string of the molecule is CCOC(=O)CCc1nc(-c2ccncn2)n(C)n1. The zero-order valence-corrected chi connectivity index (χ0v) is 10.9. The van der Waals surface area contributed by atoms with Gasteiger partial charge < -0.3 is 4.74 Å². The van der Waals surface area contributed by atoms with Crippen LogP contribution in [0, 0.1) is 0 Å². The first-order valence-corrected chi connectivity index (χ1v) is 6.02. The minimum absolute atomic E-state index is 0.237. The van der Waals surface area contributed by atoms with Crippen molar-refractivity contribution in [1.82, 2.24) is 24.7 Å². The van der Waals surface area contributed by atoms with Crippen LogP contribution in [0.2, 0.25) is 0 Å². The van der Waals surface area contributed by atoms with Gasteiger partial charge in [-0.2, -0.15) is 5.10 Å². The topological polar surface area (TPSA) is 82.8 Å². The smallest absolute Gasteiger partial charge is 0.306 e. The maximum atomic E-state index is 11.3. The largest absolute Gasteiger partial charge is 0.466 e. The third kappa shape index (κ3) is 3.34. The molecule has 0 aliphatic heterocycles. The van der Waals surface area contributed by atoms with Gasteiger partial charge in [-0.1, -0.05) is 0 Å². The highest BCUT2D eigenvalue weighted by Crippen LogP contribution is 2.12. The molecule has 0 saturated heterocycles. The lowest BCUT2D eigenvalue weighted by molar-refractivity contribution is -0.143. The number of aryl methyl sites for hydroxylation is 2. The summed E-state index contributed by atoms with van der Waals surface area (Å²) in [5.74, 6) is 1.02. The van der Waals surface area contributed by atoms with Crippen molar-refractivity contribution >= 4 is 5.97 Å². The molecule has 0 amide bonds. The molecule has 0 fully saturated rings. The van der Waals surface area contributed by atoms with E-state index in [1.807, 2.05) is 0 Å². The minimum atomic E-state index is -0.237. The second-order valence-electron chi connectivity index (χ2n) is 3.87. The van der Waals surface area contributed by atoms with Crippen LogP contribution in [0.5, 0.6) is 0 Å². The molecular weight excluding hydrogens is 246 g/mol. The molecule has 0 atom stereocenters. The summed E-state index contributed by atoms with van der Waals surface area (Å²) in [6.45, 7) is 2.17. The minimum Gasteiger partial charge on any atom is -0.466 e. The lowest BCUT2D eigenvalue weighted by Crippen LogP contribution is -2.06. The van der Waals surface area contributed by atoms with Crippen molar-refractivity contribution in [2.75, 3.05) is 6.61 Å². The van der Waals surface area contributed by atoms with Gasteiger partial charge in [-0.05, 0) is 13.0 Å². The van der Waals surface area contributed by atoms with Crippen LogP contribution in [0.4, 0.5) is 0 Å². The van der Waals surface area contributed by atoms with Crippen LogP contribution in [0.1, 0.15) is 19.2 Å². The molecule has 2 rings (SSSR count). The van der Waals surface area contributed by atoms with Gasteiger partial charge in [-0.15, -0.1) is 0 Å². The zero-order valence-electron chi connectivity index (χ0n) is 10.9. The number of aromatic nitrogens is 5. The molecule has 0 saturated carbocycles. The lowest BCUT2D eigenvalue weighted by Gasteiger charge is -1.98. The molecule has 2 aromatic heterocycles. The van der Waals surface area contributed by atoms with Crippen LogP contribution in [0.25, 0.3) is 11.5 Å². The first-order valence-electron chi connectivity index (χ1n) is 6.02. The Bertz CT molecular complexity index is 553. The molecule has 0 aliphatic rings. The van der Waals surface area contributed by atoms with Crippen molar-refractivity contribution in [2.24, 2.45) is 7.05 Å². The first-order chi connectivity index (χ1) is 9.20. The van der Waals surface area contributed by atoms with Crippen LogP contribution in [0.15, 0.2) is 18.6 Å². The normalized spacial score (nSPS) is 10.4. The van der Waals surface area contributed by atoms with Crippen molar-refractivity contribution in [3.8, 4) is 11.5 Å². The summed E-state index contributed by atoms with van der Waals surface area (Å²) >= 11 is 0. The van der Waals surface area contributed by atoms with E-state index in [0.717, 1.165) is 0 Å². The van der Waals surface area contributed by atoms with Gasteiger partial charge in [-0.25, -0.2) is 19.6 Å². The molecule has 100 valence electrons. The van der Waals surface area contributed by atoms with E-state index in [0.29, 0.717) is 30.4 Å². The second-order valence-corrected chi connectivity index (χ2v) is 3.87. The highest BCUT2D eigenvalue weighted by atomic mass is 16.5. The maximum absolute atomic E-state index is 11.3. The molecule has 0 aliphatic carbocycles. The van der Waals surface area contributed by atoms with E-state index in [4.69, 9.17) is 4.74 Å². The Hall–Kier alpha value is -2.31. The Labute approximate surface area is 110 Å². The molecule has 2 heterocycles. The molecule has 0 spiro atoms. The Morgan fingerprint density at radius 3 is 3.00 bits per heavy atom. The summed E-state index contributed by atoms with van der Waals surface area (Å²) < 4.78 is 6.51. The van der Waals surface area contributed by atoms with Gasteiger partial charge in [0.05, 0.1) is 13.0 Å². The van der Waals surface area contributed by atoms with Crippen molar-refractivity contribution in [1.29, 1.82) is 0 Å². The number of carbonyl (C=O) groups is 1. The Kier molecular flexibility index (Phi) is 4.17. The van der Waals surface area contributed by atoms with Gasteiger partial charge in [0.15, 0.2) is 11.6 Å². The molecular formula is C12H15N5O2. The van der Waals surface area contributed by atoms with Gasteiger partial charge in [-0.3, -0.25) is 4.79 Å². The Morgan fingerprint density at radius 2 is 2.32 bits per heavy atom. The monoisotopic (exact) mass is 261 g/mol. The number of hydrogen-bond acceptors (Lipinski definition) is 6. The van der Waals surface area contributed by atoms with Crippen molar-refractivity contribution in [3.63, 3.8) is 0 Å². The third-order valence-electron chi connectivity index (χ3n) is 2.48. The van der Waals surface area contributed by atoms with Gasteiger partial charge in [0.2, 0.25) is 0 Å². The fourth-order valence-corrected chi connectivity index (χ4v) is 1.64. The van der Waals surface area contributed by atoms with Gasteiger partial charge in [0.25, 0.3) is 0 Å². The number of rotatable bonds is 5. The predicted octanol–water partition coefficient (Wildman–Crippen LogP) is 0.768. The summed E-state index contributed by atoms with van der Waals surface area (Å²) in [6.07, 6.45) is 3.84. The van der Waals surface area contributed by atoms with Crippen LogP contribution < -0.4 is 0 Å². The van der Waals surface area contributed by atoms with Crippen LogP contribution in [-0.2, 0) is 23.0 Å². The molecule has 0 N–H and O–H groups in total. The zero-order chi connectivity index (χ0) is 13.7.